The number of rotatable bonds is 1. The largest absolute Gasteiger partial charge is 0.361 e. The summed E-state index contributed by atoms with van der Waals surface area (Å²) < 4.78 is 11.6. The molecule has 2 aliphatic rings. The topological polar surface area (TPSA) is 51.3 Å². The van der Waals surface area contributed by atoms with Crippen molar-refractivity contribution in [1.29, 1.82) is 0 Å². The average molecular weight is 271 g/mol. The predicted octanol–water partition coefficient (Wildman–Crippen LogP) is 2.75. The van der Waals surface area contributed by atoms with Crippen molar-refractivity contribution in [3.63, 3.8) is 0 Å². The molecule has 0 amide bonds. The van der Waals surface area contributed by atoms with E-state index in [1.54, 1.807) is 0 Å². The van der Waals surface area contributed by atoms with Crippen molar-refractivity contribution < 1.29 is 14.3 Å². The smallest absolute Gasteiger partial charge is 0.169 e. The lowest BCUT2D eigenvalue weighted by molar-refractivity contribution is -0.183. The Balaban J connectivity index is 1.74. The molecule has 20 heavy (non-hydrogen) atoms. The molecule has 0 radical (unpaired) electrons. The SMILES string of the molecule is O=C1CCC2(CC1c1c[nH]c3ccccc13)OCCO2. The first kappa shape index (κ1) is 12.1. The Kier molecular flexibility index (Phi) is 2.69. The third-order valence-corrected chi connectivity index (χ3v) is 4.47. The molecule has 1 unspecified atom stereocenters. The second-order valence-electron chi connectivity index (χ2n) is 5.62. The van der Waals surface area contributed by atoms with Crippen LogP contribution in [-0.2, 0) is 14.3 Å². The first-order valence-electron chi connectivity index (χ1n) is 7.14. The van der Waals surface area contributed by atoms with Crippen molar-refractivity contribution in [2.75, 3.05) is 13.2 Å². The summed E-state index contributed by atoms with van der Waals surface area (Å²) in [7, 11) is 0. The van der Waals surface area contributed by atoms with Crippen molar-refractivity contribution >= 4 is 16.7 Å². The summed E-state index contributed by atoms with van der Waals surface area (Å²) in [6.45, 7) is 1.27. The van der Waals surface area contributed by atoms with Crippen molar-refractivity contribution in [1.82, 2.24) is 4.98 Å². The molecular weight excluding hydrogens is 254 g/mol. The Hall–Kier alpha value is -1.65. The zero-order valence-corrected chi connectivity index (χ0v) is 11.2. The van der Waals surface area contributed by atoms with E-state index >= 15 is 0 Å². The van der Waals surface area contributed by atoms with Gasteiger partial charge in [-0.2, -0.15) is 0 Å². The van der Waals surface area contributed by atoms with E-state index in [1.165, 1.54) is 0 Å². The van der Waals surface area contributed by atoms with Gasteiger partial charge in [0.2, 0.25) is 0 Å². The summed E-state index contributed by atoms with van der Waals surface area (Å²) in [4.78, 5) is 15.6. The summed E-state index contributed by atoms with van der Waals surface area (Å²) in [5.74, 6) is -0.366. The number of carbonyl (C=O) groups excluding carboxylic acids is 1. The number of hydrogen-bond acceptors (Lipinski definition) is 3. The Morgan fingerprint density at radius 3 is 2.85 bits per heavy atom. The molecule has 1 aromatic carbocycles. The molecule has 0 bridgehead atoms. The van der Waals surface area contributed by atoms with Crippen LogP contribution < -0.4 is 0 Å². The maximum atomic E-state index is 12.4. The minimum Gasteiger partial charge on any atom is -0.361 e. The number of ether oxygens (including phenoxy) is 2. The van der Waals surface area contributed by atoms with Gasteiger partial charge in [0.15, 0.2) is 5.79 Å². The van der Waals surface area contributed by atoms with Crippen LogP contribution in [0.5, 0.6) is 0 Å². The zero-order chi connectivity index (χ0) is 13.6. The summed E-state index contributed by atoms with van der Waals surface area (Å²) in [6.07, 6.45) is 3.81. The molecule has 2 heterocycles. The standard InChI is InChI=1S/C16H17NO3/c18-15-5-6-16(19-7-8-20-16)9-12(15)13-10-17-14-4-2-1-3-11(13)14/h1-4,10,12,17H,5-9H2. The second-order valence-corrected chi connectivity index (χ2v) is 5.62. The number of para-hydroxylation sites is 1. The van der Waals surface area contributed by atoms with Crippen molar-refractivity contribution in [3.05, 3.63) is 36.0 Å². The third-order valence-electron chi connectivity index (χ3n) is 4.47. The normalized spacial score (nSPS) is 25.6. The van der Waals surface area contributed by atoms with Crippen LogP contribution in [0.1, 0.15) is 30.7 Å². The highest BCUT2D eigenvalue weighted by molar-refractivity contribution is 5.93. The molecule has 4 heteroatoms. The van der Waals surface area contributed by atoms with Gasteiger partial charge >= 0.3 is 0 Å². The summed E-state index contributed by atoms with van der Waals surface area (Å²) in [5, 5.41) is 1.13. The molecule has 1 saturated heterocycles. The van der Waals surface area contributed by atoms with Crippen LogP contribution in [0.3, 0.4) is 0 Å². The maximum Gasteiger partial charge on any atom is 0.169 e. The quantitative estimate of drug-likeness (QED) is 0.867. The van der Waals surface area contributed by atoms with E-state index in [0.717, 1.165) is 16.5 Å². The van der Waals surface area contributed by atoms with Crippen molar-refractivity contribution in [3.8, 4) is 0 Å². The lowest BCUT2D eigenvalue weighted by atomic mass is 9.79. The molecule has 2 aromatic rings. The Morgan fingerprint density at radius 2 is 2.00 bits per heavy atom. The molecule has 4 rings (SSSR count). The summed E-state index contributed by atoms with van der Waals surface area (Å²) >= 11 is 0. The number of carbonyl (C=O) groups is 1. The van der Waals surface area contributed by atoms with Gasteiger partial charge in [0, 0.05) is 42.3 Å². The molecule has 2 fully saturated rings. The molecule has 1 N–H and O–H groups in total. The Morgan fingerprint density at radius 1 is 1.20 bits per heavy atom. The zero-order valence-electron chi connectivity index (χ0n) is 11.2. The van der Waals surface area contributed by atoms with Gasteiger partial charge in [-0.3, -0.25) is 4.79 Å². The lowest BCUT2D eigenvalue weighted by Gasteiger charge is -2.35. The number of ketones is 1. The van der Waals surface area contributed by atoms with Crippen LogP contribution in [-0.4, -0.2) is 29.8 Å². The number of H-pyrrole nitrogens is 1. The molecule has 1 aromatic heterocycles. The van der Waals surface area contributed by atoms with Gasteiger partial charge in [0.1, 0.15) is 5.78 Å². The highest BCUT2D eigenvalue weighted by Crippen LogP contribution is 2.42. The van der Waals surface area contributed by atoms with E-state index in [0.29, 0.717) is 38.3 Å². The predicted molar refractivity (Wildman–Crippen MR) is 74.5 cm³/mol. The van der Waals surface area contributed by atoms with E-state index in [1.807, 2.05) is 24.4 Å². The van der Waals surface area contributed by atoms with Crippen LogP contribution >= 0.6 is 0 Å². The van der Waals surface area contributed by atoms with Gasteiger partial charge in [-0.1, -0.05) is 18.2 Å². The van der Waals surface area contributed by atoms with Crippen molar-refractivity contribution in [2.45, 2.75) is 31.0 Å². The highest BCUT2D eigenvalue weighted by Gasteiger charge is 2.45. The van der Waals surface area contributed by atoms with Crippen LogP contribution in [0.25, 0.3) is 10.9 Å². The fourth-order valence-corrected chi connectivity index (χ4v) is 3.44. The fraction of sp³-hybridized carbons (Fsp3) is 0.438. The molecule has 4 nitrogen and oxygen atoms in total. The van der Waals surface area contributed by atoms with Gasteiger partial charge < -0.3 is 14.5 Å². The first-order chi connectivity index (χ1) is 9.77. The van der Waals surface area contributed by atoms with E-state index in [-0.39, 0.29) is 5.92 Å². The number of benzene rings is 1. The van der Waals surface area contributed by atoms with E-state index in [9.17, 15) is 4.79 Å². The Labute approximate surface area is 117 Å². The number of aromatic nitrogens is 1. The van der Waals surface area contributed by atoms with Crippen LogP contribution in [0.15, 0.2) is 30.5 Å². The number of fused-ring (bicyclic) bond motifs is 1. The monoisotopic (exact) mass is 271 g/mol. The molecule has 104 valence electrons. The minimum absolute atomic E-state index is 0.127. The molecule has 1 saturated carbocycles. The van der Waals surface area contributed by atoms with Gasteiger partial charge in [0.25, 0.3) is 0 Å². The minimum atomic E-state index is -0.531. The van der Waals surface area contributed by atoms with E-state index in [4.69, 9.17) is 9.47 Å². The average Bonchev–Trinajstić information content (AvgIpc) is 3.09. The third kappa shape index (κ3) is 1.79. The van der Waals surface area contributed by atoms with Gasteiger partial charge in [-0.05, 0) is 11.6 Å². The van der Waals surface area contributed by atoms with E-state index < -0.39 is 5.79 Å². The Bertz CT molecular complexity index is 655. The molecule has 1 atom stereocenters. The number of Topliss-reactive ketones (excluding diaryl/α,β-unsaturated/α-hetero) is 1. The van der Waals surface area contributed by atoms with Crippen molar-refractivity contribution in [2.24, 2.45) is 0 Å². The van der Waals surface area contributed by atoms with Gasteiger partial charge in [-0.15, -0.1) is 0 Å². The maximum absolute atomic E-state index is 12.4. The number of aromatic amines is 1. The van der Waals surface area contributed by atoms with Gasteiger partial charge in [0.05, 0.1) is 13.2 Å². The lowest BCUT2D eigenvalue weighted by Crippen LogP contribution is -2.39. The molecular formula is C16H17NO3. The van der Waals surface area contributed by atoms with Gasteiger partial charge in [-0.25, -0.2) is 0 Å². The number of nitrogens with one attached hydrogen (secondary N) is 1. The first-order valence-corrected chi connectivity index (χ1v) is 7.14. The number of hydrogen-bond donors (Lipinski definition) is 1. The van der Waals surface area contributed by atoms with Crippen LogP contribution in [0.2, 0.25) is 0 Å². The summed E-state index contributed by atoms with van der Waals surface area (Å²) in [6, 6.07) is 8.10. The van der Waals surface area contributed by atoms with Crippen LogP contribution in [0, 0.1) is 0 Å². The van der Waals surface area contributed by atoms with Crippen LogP contribution in [0.4, 0.5) is 0 Å². The molecule has 1 aliphatic heterocycles. The molecule has 1 spiro atoms. The summed E-state index contributed by atoms with van der Waals surface area (Å²) in [5.41, 5.74) is 2.15. The second kappa shape index (κ2) is 4.43. The fourth-order valence-electron chi connectivity index (χ4n) is 3.44. The van der Waals surface area contributed by atoms with E-state index in [2.05, 4.69) is 11.1 Å². The molecule has 1 aliphatic carbocycles. The highest BCUT2D eigenvalue weighted by atomic mass is 16.7.